The molecule has 1 unspecified atom stereocenters. The molecule has 4 aromatic carbocycles. The number of hydrogen-bond acceptors (Lipinski definition) is 6. The summed E-state index contributed by atoms with van der Waals surface area (Å²) in [7, 11) is -4.26. The molecule has 1 saturated carbocycles. The number of carbonyl (C=O) groups excluding carboxylic acids is 2. The van der Waals surface area contributed by atoms with Crippen molar-refractivity contribution in [1.29, 1.82) is 0 Å². The van der Waals surface area contributed by atoms with Gasteiger partial charge in [0.15, 0.2) is 0 Å². The maximum absolute atomic E-state index is 14.0. The van der Waals surface area contributed by atoms with Gasteiger partial charge >= 0.3 is 0 Å². The molecular formula is C38H39N3O5S. The Morgan fingerprint density at radius 3 is 2.13 bits per heavy atom. The molecule has 2 aliphatic rings. The molecule has 242 valence electrons. The lowest BCUT2D eigenvalue weighted by Gasteiger charge is -2.23. The molecule has 4 atom stereocenters. The number of rotatable bonds is 13. The molecule has 0 aromatic heterocycles. The first-order chi connectivity index (χ1) is 22.8. The Morgan fingerprint density at radius 2 is 1.49 bits per heavy atom. The summed E-state index contributed by atoms with van der Waals surface area (Å²) in [6.45, 7) is 6.07. The third kappa shape index (κ3) is 7.64. The van der Waals surface area contributed by atoms with Crippen LogP contribution in [0.3, 0.4) is 0 Å². The lowest BCUT2D eigenvalue weighted by atomic mass is 9.88. The second-order valence-electron chi connectivity index (χ2n) is 12.4. The minimum atomic E-state index is -4.26. The second kappa shape index (κ2) is 13.9. The quantitative estimate of drug-likeness (QED) is 0.195. The predicted molar refractivity (Wildman–Crippen MR) is 181 cm³/mol. The largest absolute Gasteiger partial charge is 0.489 e. The van der Waals surface area contributed by atoms with Crippen LogP contribution in [0.5, 0.6) is 5.75 Å². The highest BCUT2D eigenvalue weighted by Gasteiger charge is 2.61. The molecule has 9 heteroatoms. The number of sulfonamides is 1. The van der Waals surface area contributed by atoms with E-state index in [0.717, 1.165) is 23.2 Å². The number of nitrogens with one attached hydrogen (secondary N) is 2. The van der Waals surface area contributed by atoms with Crippen molar-refractivity contribution in [3.8, 4) is 5.75 Å². The van der Waals surface area contributed by atoms with E-state index in [2.05, 4.69) is 45.8 Å². The van der Waals surface area contributed by atoms with E-state index in [1.165, 1.54) is 12.1 Å². The van der Waals surface area contributed by atoms with E-state index in [1.54, 1.807) is 18.2 Å². The van der Waals surface area contributed by atoms with Gasteiger partial charge in [0.1, 0.15) is 17.9 Å². The van der Waals surface area contributed by atoms with Crippen LogP contribution in [-0.4, -0.2) is 43.8 Å². The van der Waals surface area contributed by atoms with Crippen molar-refractivity contribution >= 4 is 21.8 Å². The molecule has 47 heavy (non-hydrogen) atoms. The Kier molecular flexibility index (Phi) is 9.56. The number of carbonyl (C=O) groups is 2. The van der Waals surface area contributed by atoms with E-state index < -0.39 is 27.4 Å². The van der Waals surface area contributed by atoms with Crippen molar-refractivity contribution < 1.29 is 22.7 Å². The van der Waals surface area contributed by atoms with E-state index in [0.29, 0.717) is 25.3 Å². The summed E-state index contributed by atoms with van der Waals surface area (Å²) in [6, 6.07) is 35.7. The van der Waals surface area contributed by atoms with Gasteiger partial charge in [0.05, 0.1) is 10.8 Å². The summed E-state index contributed by atoms with van der Waals surface area (Å²) in [5.74, 6) is -1.43. The van der Waals surface area contributed by atoms with Crippen LogP contribution in [0.4, 0.5) is 0 Å². The van der Waals surface area contributed by atoms with E-state index >= 15 is 0 Å². The Bertz CT molecular complexity index is 1820. The molecule has 1 saturated heterocycles. The normalized spacial score (nSPS) is 22.3. The maximum Gasteiger partial charge on any atom is 0.264 e. The first-order valence-electron chi connectivity index (χ1n) is 15.8. The smallest absolute Gasteiger partial charge is 0.264 e. The van der Waals surface area contributed by atoms with Gasteiger partial charge in [-0.2, -0.15) is 0 Å². The maximum atomic E-state index is 14.0. The number of amides is 2. The summed E-state index contributed by atoms with van der Waals surface area (Å²) >= 11 is 0. The van der Waals surface area contributed by atoms with E-state index in [4.69, 9.17) is 4.74 Å². The average molecular weight is 650 g/mol. The molecule has 0 bridgehead atoms. The zero-order valence-electron chi connectivity index (χ0n) is 26.1. The molecule has 2 amide bonds. The van der Waals surface area contributed by atoms with E-state index in [1.807, 2.05) is 66.7 Å². The third-order valence-corrected chi connectivity index (χ3v) is 10.4. The summed E-state index contributed by atoms with van der Waals surface area (Å²) < 4.78 is 34.9. The van der Waals surface area contributed by atoms with Gasteiger partial charge in [-0.25, -0.2) is 13.1 Å². The Hall–Kier alpha value is -4.73. The van der Waals surface area contributed by atoms with Gasteiger partial charge in [-0.3, -0.25) is 14.5 Å². The van der Waals surface area contributed by atoms with E-state index in [-0.39, 0.29) is 35.7 Å². The fourth-order valence-electron chi connectivity index (χ4n) is 6.44. The summed E-state index contributed by atoms with van der Waals surface area (Å²) in [4.78, 5) is 29.9. The predicted octanol–water partition coefficient (Wildman–Crippen LogP) is 5.12. The number of nitrogens with zero attached hydrogens (tertiary/aromatic N) is 1. The van der Waals surface area contributed by atoms with Crippen LogP contribution in [0.25, 0.3) is 0 Å². The molecule has 2 fully saturated rings. The monoisotopic (exact) mass is 649 g/mol. The first-order valence-corrected chi connectivity index (χ1v) is 17.3. The van der Waals surface area contributed by atoms with Crippen LogP contribution in [-0.2, 0) is 39.2 Å². The molecule has 1 aliphatic heterocycles. The topological polar surface area (TPSA) is 105 Å². The fourth-order valence-corrected chi connectivity index (χ4v) is 7.52. The molecule has 0 spiro atoms. The highest BCUT2D eigenvalue weighted by molar-refractivity contribution is 7.90. The number of ether oxygens (including phenoxy) is 1. The third-order valence-electron chi connectivity index (χ3n) is 9.09. The lowest BCUT2D eigenvalue weighted by molar-refractivity contribution is -0.132. The Labute approximate surface area is 276 Å². The van der Waals surface area contributed by atoms with Gasteiger partial charge in [-0.1, -0.05) is 103 Å². The zero-order chi connectivity index (χ0) is 32.9. The molecule has 6 rings (SSSR count). The molecular weight excluding hydrogens is 611 g/mol. The van der Waals surface area contributed by atoms with Crippen molar-refractivity contribution in [1.82, 2.24) is 14.9 Å². The summed E-state index contributed by atoms with van der Waals surface area (Å²) in [5, 5.41) is 3.00. The molecule has 0 radical (unpaired) electrons. The van der Waals surface area contributed by atoms with Crippen molar-refractivity contribution in [3.63, 3.8) is 0 Å². The Balaban J connectivity index is 1.16. The molecule has 1 heterocycles. The standard InChI is InChI=1S/C38H39N3O5S/c1-2-32-23-38(32,37(43)40-47(44,45)34-20-12-19-33(22-34)46-27-30-17-10-5-11-18-30)39-36(42)35-26-41(24-29-15-8-4-9-16-29)25-31(35)21-28-13-6-3-7-14-28/h2-20,22,31-32,35H,1,21,23-27H2,(H,39,42)(H,40,43)/t31-,32-,35?,38-/m1/s1. The summed E-state index contributed by atoms with van der Waals surface area (Å²) in [5.41, 5.74) is 1.85. The van der Waals surface area contributed by atoms with Crippen LogP contribution in [0.1, 0.15) is 23.1 Å². The van der Waals surface area contributed by atoms with Crippen molar-refractivity contribution in [2.24, 2.45) is 17.8 Å². The molecule has 1 aliphatic carbocycles. The highest BCUT2D eigenvalue weighted by atomic mass is 32.2. The van der Waals surface area contributed by atoms with Gasteiger partial charge < -0.3 is 10.1 Å². The second-order valence-corrected chi connectivity index (χ2v) is 14.1. The van der Waals surface area contributed by atoms with Crippen LogP contribution >= 0.6 is 0 Å². The van der Waals surface area contributed by atoms with Crippen molar-refractivity contribution in [3.05, 3.63) is 145 Å². The van der Waals surface area contributed by atoms with E-state index in [9.17, 15) is 18.0 Å². The Morgan fingerprint density at radius 1 is 0.851 bits per heavy atom. The van der Waals surface area contributed by atoms with Gasteiger partial charge in [-0.05, 0) is 47.6 Å². The van der Waals surface area contributed by atoms with Crippen molar-refractivity contribution in [2.75, 3.05) is 13.1 Å². The zero-order valence-corrected chi connectivity index (χ0v) is 26.9. The van der Waals surface area contributed by atoms with Gasteiger partial charge in [0.2, 0.25) is 5.91 Å². The molecule has 4 aromatic rings. The van der Waals surface area contributed by atoms with Gasteiger partial charge in [0, 0.05) is 31.6 Å². The van der Waals surface area contributed by atoms with Gasteiger partial charge in [0.25, 0.3) is 15.9 Å². The van der Waals surface area contributed by atoms with Crippen LogP contribution < -0.4 is 14.8 Å². The van der Waals surface area contributed by atoms with Crippen LogP contribution in [0, 0.1) is 17.8 Å². The van der Waals surface area contributed by atoms with Crippen molar-refractivity contribution in [2.45, 2.75) is 36.4 Å². The SMILES string of the molecule is C=C[C@@H]1C[C@]1(NC(=O)C1CN(Cc2ccccc2)C[C@H]1Cc1ccccc1)C(=O)NS(=O)(=O)c1cccc(OCc2ccccc2)c1. The van der Waals surface area contributed by atoms with Crippen LogP contribution in [0.2, 0.25) is 0 Å². The lowest BCUT2D eigenvalue weighted by Crippen LogP contribution is -2.54. The minimum Gasteiger partial charge on any atom is -0.489 e. The fraction of sp³-hybridized carbons (Fsp3) is 0.263. The molecule has 2 N–H and O–H groups in total. The van der Waals surface area contributed by atoms with Gasteiger partial charge in [-0.15, -0.1) is 6.58 Å². The number of benzene rings is 4. The number of hydrogen-bond donors (Lipinski definition) is 2. The summed E-state index contributed by atoms with van der Waals surface area (Å²) in [6.07, 6.45) is 2.58. The highest BCUT2D eigenvalue weighted by Crippen LogP contribution is 2.45. The van der Waals surface area contributed by atoms with Crippen LogP contribution in [0.15, 0.2) is 133 Å². The molecule has 8 nitrogen and oxygen atoms in total. The minimum absolute atomic E-state index is 0.0181. The number of likely N-dealkylation sites (tertiary alicyclic amines) is 1. The average Bonchev–Trinajstić information content (AvgIpc) is 3.67. The first kappa shape index (κ1) is 32.2.